The summed E-state index contributed by atoms with van der Waals surface area (Å²) in [4.78, 5) is 0. The summed E-state index contributed by atoms with van der Waals surface area (Å²) in [7, 11) is 2.03. The number of benzene rings is 1. The van der Waals surface area contributed by atoms with Crippen LogP contribution in [0.4, 0.5) is 0 Å². The number of fused-ring (bicyclic) bond motifs is 1. The highest BCUT2D eigenvalue weighted by atomic mass is 79.9. The molecule has 0 saturated carbocycles. The zero-order valence-electron chi connectivity index (χ0n) is 12.2. The highest BCUT2D eigenvalue weighted by Gasteiger charge is 2.34. The number of halogens is 1. The summed E-state index contributed by atoms with van der Waals surface area (Å²) >= 11 is 3.54. The summed E-state index contributed by atoms with van der Waals surface area (Å²) in [6, 6.07) is 8.71. The van der Waals surface area contributed by atoms with Gasteiger partial charge in [-0.3, -0.25) is 0 Å². The summed E-state index contributed by atoms with van der Waals surface area (Å²) in [5, 5.41) is 8.06. The standard InChI is InChI=1S/C16H20BrN3/c1-16(2)8-14(18-3)13-10-19-20(15(13)9-16)12-6-4-5-11(17)7-12/h4-7,10,14,18H,8-9H2,1-3H3. The minimum absolute atomic E-state index is 0.296. The van der Waals surface area contributed by atoms with Gasteiger partial charge in [0.25, 0.3) is 0 Å². The molecule has 1 N–H and O–H groups in total. The van der Waals surface area contributed by atoms with E-state index in [4.69, 9.17) is 0 Å². The predicted octanol–water partition coefficient (Wildman–Crippen LogP) is 3.87. The molecule has 0 aliphatic heterocycles. The van der Waals surface area contributed by atoms with Crippen molar-refractivity contribution in [2.75, 3.05) is 7.05 Å². The summed E-state index contributed by atoms with van der Waals surface area (Å²) < 4.78 is 3.17. The topological polar surface area (TPSA) is 29.9 Å². The Balaban J connectivity index is 2.10. The minimum Gasteiger partial charge on any atom is -0.313 e. The van der Waals surface area contributed by atoms with E-state index in [1.807, 2.05) is 19.3 Å². The lowest BCUT2D eigenvalue weighted by Crippen LogP contribution is -2.32. The fourth-order valence-electron chi connectivity index (χ4n) is 3.13. The third-order valence-corrected chi connectivity index (χ3v) is 4.57. The molecule has 1 unspecified atom stereocenters. The Labute approximate surface area is 128 Å². The molecule has 3 nitrogen and oxygen atoms in total. The molecule has 1 aromatic heterocycles. The molecule has 106 valence electrons. The summed E-state index contributed by atoms with van der Waals surface area (Å²) in [6.07, 6.45) is 4.24. The summed E-state index contributed by atoms with van der Waals surface area (Å²) in [6.45, 7) is 4.66. The second kappa shape index (κ2) is 5.01. The average Bonchev–Trinajstić information content (AvgIpc) is 2.80. The van der Waals surface area contributed by atoms with Gasteiger partial charge in [-0.2, -0.15) is 5.10 Å². The molecular formula is C16H20BrN3. The SMILES string of the molecule is CNC1CC(C)(C)Cc2c1cnn2-c1cccc(Br)c1. The van der Waals surface area contributed by atoms with E-state index in [2.05, 4.69) is 63.1 Å². The highest BCUT2D eigenvalue weighted by Crippen LogP contribution is 2.41. The van der Waals surface area contributed by atoms with Crippen molar-refractivity contribution in [1.29, 1.82) is 0 Å². The van der Waals surface area contributed by atoms with E-state index in [1.54, 1.807) is 0 Å². The van der Waals surface area contributed by atoms with Crippen molar-refractivity contribution in [3.63, 3.8) is 0 Å². The van der Waals surface area contributed by atoms with Crippen LogP contribution in [0.2, 0.25) is 0 Å². The second-order valence-electron chi connectivity index (χ2n) is 6.32. The minimum atomic E-state index is 0.296. The first kappa shape index (κ1) is 13.8. The van der Waals surface area contributed by atoms with E-state index in [0.29, 0.717) is 11.5 Å². The number of nitrogens with zero attached hydrogens (tertiary/aromatic N) is 2. The van der Waals surface area contributed by atoms with Crippen LogP contribution in [0, 0.1) is 5.41 Å². The largest absolute Gasteiger partial charge is 0.313 e. The van der Waals surface area contributed by atoms with Crippen LogP contribution in [0.15, 0.2) is 34.9 Å². The molecular weight excluding hydrogens is 314 g/mol. The number of nitrogens with one attached hydrogen (secondary N) is 1. The molecule has 4 heteroatoms. The quantitative estimate of drug-likeness (QED) is 0.904. The molecule has 0 radical (unpaired) electrons. The molecule has 20 heavy (non-hydrogen) atoms. The van der Waals surface area contributed by atoms with E-state index in [0.717, 1.165) is 23.0 Å². The fraction of sp³-hybridized carbons (Fsp3) is 0.438. The zero-order valence-corrected chi connectivity index (χ0v) is 13.7. The lowest BCUT2D eigenvalue weighted by molar-refractivity contribution is 0.260. The Morgan fingerprint density at radius 1 is 1.40 bits per heavy atom. The van der Waals surface area contributed by atoms with Gasteiger partial charge in [-0.05, 0) is 43.5 Å². The van der Waals surface area contributed by atoms with Gasteiger partial charge in [0.05, 0.1) is 11.9 Å². The highest BCUT2D eigenvalue weighted by molar-refractivity contribution is 9.10. The molecule has 2 aromatic rings. The Bertz CT molecular complexity index is 630. The molecule has 1 aliphatic carbocycles. The van der Waals surface area contributed by atoms with Crippen molar-refractivity contribution in [2.45, 2.75) is 32.7 Å². The van der Waals surface area contributed by atoms with E-state index in [1.165, 1.54) is 11.3 Å². The van der Waals surface area contributed by atoms with E-state index < -0.39 is 0 Å². The average molecular weight is 334 g/mol. The van der Waals surface area contributed by atoms with Crippen LogP contribution < -0.4 is 5.32 Å². The van der Waals surface area contributed by atoms with Crippen molar-refractivity contribution in [1.82, 2.24) is 15.1 Å². The lowest BCUT2D eigenvalue weighted by atomic mass is 9.74. The smallest absolute Gasteiger partial charge is 0.0660 e. The second-order valence-corrected chi connectivity index (χ2v) is 7.24. The Morgan fingerprint density at radius 3 is 2.90 bits per heavy atom. The Hall–Kier alpha value is -1.13. The molecule has 1 aromatic carbocycles. The Kier molecular flexibility index (Phi) is 3.46. The molecule has 0 bridgehead atoms. The van der Waals surface area contributed by atoms with Gasteiger partial charge < -0.3 is 5.32 Å². The first-order chi connectivity index (χ1) is 9.50. The van der Waals surface area contributed by atoms with Gasteiger partial charge in [0.1, 0.15) is 0 Å². The maximum atomic E-state index is 4.63. The molecule has 0 fully saturated rings. The van der Waals surface area contributed by atoms with Crippen LogP contribution in [-0.2, 0) is 6.42 Å². The number of hydrogen-bond donors (Lipinski definition) is 1. The first-order valence-electron chi connectivity index (χ1n) is 7.00. The third-order valence-electron chi connectivity index (χ3n) is 4.08. The molecule has 3 rings (SSSR count). The van der Waals surface area contributed by atoms with Crippen molar-refractivity contribution in [3.05, 3.63) is 46.2 Å². The van der Waals surface area contributed by atoms with Gasteiger partial charge in [-0.15, -0.1) is 0 Å². The van der Waals surface area contributed by atoms with Crippen LogP contribution in [0.3, 0.4) is 0 Å². The van der Waals surface area contributed by atoms with Crippen LogP contribution in [-0.4, -0.2) is 16.8 Å². The summed E-state index contributed by atoms with van der Waals surface area (Å²) in [5.41, 5.74) is 4.09. The van der Waals surface area contributed by atoms with E-state index in [-0.39, 0.29) is 0 Å². The van der Waals surface area contributed by atoms with Crippen LogP contribution in [0.1, 0.15) is 37.6 Å². The summed E-state index contributed by atoms with van der Waals surface area (Å²) in [5.74, 6) is 0. The zero-order chi connectivity index (χ0) is 14.3. The van der Waals surface area contributed by atoms with E-state index in [9.17, 15) is 0 Å². The van der Waals surface area contributed by atoms with Gasteiger partial charge in [-0.25, -0.2) is 4.68 Å². The van der Waals surface area contributed by atoms with Crippen molar-refractivity contribution >= 4 is 15.9 Å². The third kappa shape index (κ3) is 2.42. The van der Waals surface area contributed by atoms with Crippen LogP contribution in [0.25, 0.3) is 5.69 Å². The van der Waals surface area contributed by atoms with Crippen molar-refractivity contribution in [2.24, 2.45) is 5.41 Å². The van der Waals surface area contributed by atoms with Crippen LogP contribution in [0.5, 0.6) is 0 Å². The van der Waals surface area contributed by atoms with Gasteiger partial charge in [0, 0.05) is 21.8 Å². The van der Waals surface area contributed by atoms with Crippen molar-refractivity contribution < 1.29 is 0 Å². The Morgan fingerprint density at radius 2 is 2.20 bits per heavy atom. The van der Waals surface area contributed by atoms with Gasteiger partial charge in [0.15, 0.2) is 0 Å². The molecule has 1 aliphatic rings. The normalized spacial score (nSPS) is 20.7. The molecule has 1 atom stereocenters. The number of hydrogen-bond acceptors (Lipinski definition) is 2. The van der Waals surface area contributed by atoms with Crippen molar-refractivity contribution in [3.8, 4) is 5.69 Å². The number of rotatable bonds is 2. The first-order valence-corrected chi connectivity index (χ1v) is 7.79. The monoisotopic (exact) mass is 333 g/mol. The van der Waals surface area contributed by atoms with Crippen LogP contribution >= 0.6 is 15.9 Å². The maximum Gasteiger partial charge on any atom is 0.0660 e. The molecule has 0 saturated heterocycles. The number of aromatic nitrogens is 2. The molecule has 1 heterocycles. The molecule has 0 spiro atoms. The lowest BCUT2D eigenvalue weighted by Gasteiger charge is -2.35. The maximum absolute atomic E-state index is 4.63. The van der Waals surface area contributed by atoms with E-state index >= 15 is 0 Å². The van der Waals surface area contributed by atoms with Gasteiger partial charge >= 0.3 is 0 Å². The fourth-order valence-corrected chi connectivity index (χ4v) is 3.52. The van der Waals surface area contributed by atoms with Gasteiger partial charge in [0.2, 0.25) is 0 Å². The predicted molar refractivity (Wildman–Crippen MR) is 85.2 cm³/mol. The van der Waals surface area contributed by atoms with Gasteiger partial charge in [-0.1, -0.05) is 35.8 Å². The molecule has 0 amide bonds.